The second-order valence-electron chi connectivity index (χ2n) is 5.40. The van der Waals surface area contributed by atoms with Crippen molar-refractivity contribution in [2.75, 3.05) is 14.2 Å². The Hall–Kier alpha value is -0.910. The molecule has 1 aromatic rings. The Balaban J connectivity index is 2.78. The van der Waals surface area contributed by atoms with Gasteiger partial charge in [0, 0.05) is 25.0 Å². The molecule has 0 aliphatic carbocycles. The van der Waals surface area contributed by atoms with Crippen molar-refractivity contribution in [2.24, 2.45) is 0 Å². The van der Waals surface area contributed by atoms with Gasteiger partial charge in [-0.05, 0) is 32.2 Å². The van der Waals surface area contributed by atoms with Crippen LogP contribution >= 0.6 is 11.3 Å². The molecule has 1 atom stereocenters. The average molecular weight is 285 g/mol. The molecular formula is C14H23NO3S. The van der Waals surface area contributed by atoms with Crippen LogP contribution in [-0.4, -0.2) is 31.3 Å². The van der Waals surface area contributed by atoms with Crippen LogP contribution in [0.4, 0.5) is 0 Å². The molecule has 0 fully saturated rings. The van der Waals surface area contributed by atoms with Gasteiger partial charge >= 0.3 is 5.97 Å². The maximum Gasteiger partial charge on any atom is 0.325 e. The molecule has 5 heteroatoms. The van der Waals surface area contributed by atoms with Gasteiger partial charge in [-0.3, -0.25) is 10.1 Å². The fourth-order valence-electron chi connectivity index (χ4n) is 2.05. The summed E-state index contributed by atoms with van der Waals surface area (Å²) in [5.41, 5.74) is -1.16. The zero-order valence-corrected chi connectivity index (χ0v) is 13.1. The van der Waals surface area contributed by atoms with Crippen LogP contribution in [-0.2, 0) is 20.8 Å². The van der Waals surface area contributed by atoms with Crippen LogP contribution in [0.25, 0.3) is 0 Å². The summed E-state index contributed by atoms with van der Waals surface area (Å²) in [5.74, 6) is -0.269. The summed E-state index contributed by atoms with van der Waals surface area (Å²) in [4.78, 5) is 13.2. The molecule has 0 saturated heterocycles. The Kier molecular flexibility index (Phi) is 5.52. The number of carbonyl (C=O) groups excluding carboxylic acids is 1. The molecule has 1 heterocycles. The molecule has 19 heavy (non-hydrogen) atoms. The molecule has 0 amide bonds. The van der Waals surface area contributed by atoms with Crippen molar-refractivity contribution < 1.29 is 14.3 Å². The molecule has 0 aliphatic heterocycles. The molecule has 4 nitrogen and oxygen atoms in total. The third-order valence-electron chi connectivity index (χ3n) is 3.20. The van der Waals surface area contributed by atoms with E-state index >= 15 is 0 Å². The number of methoxy groups -OCH3 is 2. The second kappa shape index (κ2) is 6.50. The van der Waals surface area contributed by atoms with Gasteiger partial charge in [-0.15, -0.1) is 11.3 Å². The summed E-state index contributed by atoms with van der Waals surface area (Å²) in [6.07, 6.45) is 0.536. The first kappa shape index (κ1) is 16.1. The highest BCUT2D eigenvalue weighted by Crippen LogP contribution is 2.25. The van der Waals surface area contributed by atoms with Crippen molar-refractivity contribution in [1.82, 2.24) is 5.32 Å². The topological polar surface area (TPSA) is 47.6 Å². The summed E-state index contributed by atoms with van der Waals surface area (Å²) in [5, 5.41) is 5.31. The van der Waals surface area contributed by atoms with E-state index in [0.717, 1.165) is 0 Å². The Morgan fingerprint density at radius 3 is 2.53 bits per heavy atom. The number of hydrogen-bond acceptors (Lipinski definition) is 5. The number of thiophene rings is 1. The molecule has 0 saturated carbocycles. The number of nitrogens with one attached hydrogen (secondary N) is 1. The molecule has 0 radical (unpaired) electrons. The molecule has 0 aromatic carbocycles. The third-order valence-corrected chi connectivity index (χ3v) is 4.08. The minimum Gasteiger partial charge on any atom is -0.468 e. The zero-order valence-electron chi connectivity index (χ0n) is 12.3. The summed E-state index contributed by atoms with van der Waals surface area (Å²) < 4.78 is 10.3. The fourth-order valence-corrected chi connectivity index (χ4v) is 2.70. The number of ether oxygens (including phenoxy) is 2. The summed E-state index contributed by atoms with van der Waals surface area (Å²) in [7, 11) is 3.06. The van der Waals surface area contributed by atoms with Crippen molar-refractivity contribution >= 4 is 17.3 Å². The maximum absolute atomic E-state index is 12.1. The number of rotatable bonds is 7. The number of carbonyl (C=O) groups is 1. The minimum atomic E-state index is -0.766. The van der Waals surface area contributed by atoms with Crippen molar-refractivity contribution in [2.45, 2.75) is 44.9 Å². The number of hydrogen-bond donors (Lipinski definition) is 1. The van der Waals surface area contributed by atoms with E-state index in [1.807, 2.05) is 38.3 Å². The lowest BCUT2D eigenvalue weighted by Gasteiger charge is -2.35. The van der Waals surface area contributed by atoms with Crippen LogP contribution in [0, 0.1) is 0 Å². The highest BCUT2D eigenvalue weighted by Gasteiger charge is 2.39. The van der Waals surface area contributed by atoms with E-state index < -0.39 is 11.1 Å². The van der Waals surface area contributed by atoms with Crippen LogP contribution in [0.5, 0.6) is 0 Å². The SMILES string of the molecule is COC(=O)C(C)(CC(C)(C)OC)NCc1cccs1. The molecule has 1 aromatic heterocycles. The van der Waals surface area contributed by atoms with E-state index in [2.05, 4.69) is 5.32 Å². The monoisotopic (exact) mass is 285 g/mol. The van der Waals surface area contributed by atoms with Gasteiger partial charge in [0.2, 0.25) is 0 Å². The fraction of sp³-hybridized carbons (Fsp3) is 0.643. The van der Waals surface area contributed by atoms with Crippen LogP contribution in [0.3, 0.4) is 0 Å². The van der Waals surface area contributed by atoms with E-state index in [1.165, 1.54) is 12.0 Å². The Morgan fingerprint density at radius 1 is 1.37 bits per heavy atom. The van der Waals surface area contributed by atoms with Crippen molar-refractivity contribution in [1.29, 1.82) is 0 Å². The molecule has 1 N–H and O–H groups in total. The molecule has 0 bridgehead atoms. The normalized spacial score (nSPS) is 15.0. The van der Waals surface area contributed by atoms with E-state index in [0.29, 0.717) is 13.0 Å². The maximum atomic E-state index is 12.1. The van der Waals surface area contributed by atoms with Crippen LogP contribution in [0.1, 0.15) is 32.1 Å². The average Bonchev–Trinajstić information content (AvgIpc) is 2.88. The highest BCUT2D eigenvalue weighted by atomic mass is 32.1. The largest absolute Gasteiger partial charge is 0.468 e. The molecule has 1 unspecified atom stereocenters. The molecular weight excluding hydrogens is 262 g/mol. The van der Waals surface area contributed by atoms with Gasteiger partial charge in [-0.2, -0.15) is 0 Å². The van der Waals surface area contributed by atoms with Gasteiger partial charge in [-0.25, -0.2) is 0 Å². The zero-order chi connectivity index (χ0) is 14.5. The summed E-state index contributed by atoms with van der Waals surface area (Å²) in [6.45, 7) is 6.41. The smallest absolute Gasteiger partial charge is 0.325 e. The second-order valence-corrected chi connectivity index (χ2v) is 6.43. The summed E-state index contributed by atoms with van der Waals surface area (Å²) >= 11 is 1.66. The first-order valence-corrected chi connectivity index (χ1v) is 7.12. The van der Waals surface area contributed by atoms with Crippen LogP contribution in [0.2, 0.25) is 0 Å². The van der Waals surface area contributed by atoms with Gasteiger partial charge in [0.1, 0.15) is 5.54 Å². The van der Waals surface area contributed by atoms with Gasteiger partial charge in [0.15, 0.2) is 0 Å². The quantitative estimate of drug-likeness (QED) is 0.782. The Labute approximate surface area is 119 Å². The predicted octanol–water partition coefficient (Wildman–Crippen LogP) is 2.58. The van der Waals surface area contributed by atoms with Gasteiger partial charge in [-0.1, -0.05) is 6.07 Å². The molecule has 108 valence electrons. The Bertz CT molecular complexity index is 403. The first-order valence-electron chi connectivity index (χ1n) is 6.24. The van der Waals surface area contributed by atoms with E-state index in [9.17, 15) is 4.79 Å². The molecule has 1 rings (SSSR count). The third kappa shape index (κ3) is 4.60. The predicted molar refractivity (Wildman–Crippen MR) is 77.3 cm³/mol. The first-order chi connectivity index (χ1) is 8.83. The number of esters is 1. The van der Waals surface area contributed by atoms with Gasteiger partial charge in [0.05, 0.1) is 12.7 Å². The highest BCUT2D eigenvalue weighted by molar-refractivity contribution is 7.09. The van der Waals surface area contributed by atoms with Crippen molar-refractivity contribution in [3.8, 4) is 0 Å². The van der Waals surface area contributed by atoms with Gasteiger partial charge in [0.25, 0.3) is 0 Å². The lowest BCUT2D eigenvalue weighted by molar-refractivity contribution is -0.151. The van der Waals surface area contributed by atoms with Crippen LogP contribution < -0.4 is 5.32 Å². The lowest BCUT2D eigenvalue weighted by Crippen LogP contribution is -2.53. The van der Waals surface area contributed by atoms with Crippen molar-refractivity contribution in [3.63, 3.8) is 0 Å². The minimum absolute atomic E-state index is 0.269. The van der Waals surface area contributed by atoms with Gasteiger partial charge < -0.3 is 9.47 Å². The van der Waals surface area contributed by atoms with E-state index in [4.69, 9.17) is 9.47 Å². The van der Waals surface area contributed by atoms with Crippen LogP contribution in [0.15, 0.2) is 17.5 Å². The molecule has 0 spiro atoms. The standard InChI is InChI=1S/C14H23NO3S/c1-13(2,18-5)10-14(3,12(16)17-4)15-9-11-7-6-8-19-11/h6-8,15H,9-10H2,1-5H3. The van der Waals surface area contributed by atoms with E-state index in [-0.39, 0.29) is 5.97 Å². The lowest BCUT2D eigenvalue weighted by atomic mass is 9.87. The molecule has 0 aliphatic rings. The summed E-state index contributed by atoms with van der Waals surface area (Å²) in [6, 6.07) is 4.03. The van der Waals surface area contributed by atoms with Crippen molar-refractivity contribution in [3.05, 3.63) is 22.4 Å². The Morgan fingerprint density at radius 2 is 2.05 bits per heavy atom. The van der Waals surface area contributed by atoms with E-state index in [1.54, 1.807) is 18.4 Å².